The zero-order valence-corrected chi connectivity index (χ0v) is 5.96. The molecule has 0 unspecified atom stereocenters. The highest BCUT2D eigenvalue weighted by Crippen LogP contribution is 2.01. The summed E-state index contributed by atoms with van der Waals surface area (Å²) in [5, 5.41) is 3.00. The van der Waals surface area contributed by atoms with Crippen molar-refractivity contribution in [1.29, 1.82) is 0 Å². The average molecular weight is 134 g/mol. The van der Waals surface area contributed by atoms with Gasteiger partial charge in [-0.05, 0) is 19.1 Å². The van der Waals surface area contributed by atoms with Gasteiger partial charge in [0.2, 0.25) is 0 Å². The lowest BCUT2D eigenvalue weighted by molar-refractivity contribution is 1.26. The first-order valence-electron chi connectivity index (χ1n) is 3.12. The van der Waals surface area contributed by atoms with Gasteiger partial charge < -0.3 is 5.32 Å². The molecule has 1 N–H and O–H groups in total. The molecule has 0 fully saturated rings. The van der Waals surface area contributed by atoms with E-state index < -0.39 is 0 Å². The van der Waals surface area contributed by atoms with E-state index in [0.717, 1.165) is 11.5 Å². The Hall–Kier alpha value is -1.31. The second-order valence-electron chi connectivity index (χ2n) is 2.12. The summed E-state index contributed by atoms with van der Waals surface area (Å²) in [6.45, 7) is 5.60. The molecule has 52 valence electrons. The third kappa shape index (κ3) is 1.90. The maximum Gasteiger partial charge on any atom is 0.129 e. The lowest BCUT2D eigenvalue weighted by Crippen LogP contribution is -1.94. The number of anilines is 1. The molecule has 0 amide bonds. The molecule has 1 aromatic heterocycles. The van der Waals surface area contributed by atoms with Crippen molar-refractivity contribution in [1.82, 2.24) is 4.98 Å². The molecule has 0 radical (unpaired) electrons. The molecule has 0 bridgehead atoms. The zero-order chi connectivity index (χ0) is 7.40. The van der Waals surface area contributed by atoms with E-state index >= 15 is 0 Å². The summed E-state index contributed by atoms with van der Waals surface area (Å²) in [5.74, 6) is 0.843. The van der Waals surface area contributed by atoms with E-state index in [4.69, 9.17) is 0 Å². The number of aromatic nitrogens is 1. The normalized spacial score (nSPS) is 8.90. The van der Waals surface area contributed by atoms with Crippen LogP contribution in [-0.4, -0.2) is 4.98 Å². The fourth-order valence-corrected chi connectivity index (χ4v) is 0.655. The Morgan fingerprint density at radius 2 is 2.40 bits per heavy atom. The Morgan fingerprint density at radius 1 is 1.60 bits per heavy atom. The molecule has 2 nitrogen and oxygen atoms in total. The summed E-state index contributed by atoms with van der Waals surface area (Å²) in [5.41, 5.74) is 0.902. The van der Waals surface area contributed by atoms with Crippen LogP contribution in [0.4, 0.5) is 5.82 Å². The lowest BCUT2D eigenvalue weighted by atomic mass is 10.4. The maximum absolute atomic E-state index is 4.05. The first-order chi connectivity index (χ1) is 4.79. The third-order valence-electron chi connectivity index (χ3n) is 1.01. The Balaban J connectivity index is 2.67. The van der Waals surface area contributed by atoms with Crippen LogP contribution in [0.2, 0.25) is 0 Å². The maximum atomic E-state index is 4.05. The number of rotatable bonds is 2. The number of pyridine rings is 1. The van der Waals surface area contributed by atoms with Gasteiger partial charge in [0.05, 0.1) is 0 Å². The summed E-state index contributed by atoms with van der Waals surface area (Å²) < 4.78 is 0. The minimum absolute atomic E-state index is 0.843. The standard InChI is InChI=1S/C8H10N2/c1-7(2)10-8-5-3-4-6-9-8/h3-6H,1H2,2H3,(H,9,10). The quantitative estimate of drug-likeness (QED) is 0.669. The highest BCUT2D eigenvalue weighted by atomic mass is 15.0. The SMILES string of the molecule is C=C(C)Nc1ccccn1. The van der Waals surface area contributed by atoms with Crippen LogP contribution in [0.5, 0.6) is 0 Å². The van der Waals surface area contributed by atoms with Crippen LogP contribution in [-0.2, 0) is 0 Å². The second-order valence-corrected chi connectivity index (χ2v) is 2.12. The number of hydrogen-bond acceptors (Lipinski definition) is 2. The molecule has 0 aromatic carbocycles. The molecule has 0 aliphatic rings. The molecule has 10 heavy (non-hydrogen) atoms. The second kappa shape index (κ2) is 3.01. The van der Waals surface area contributed by atoms with Gasteiger partial charge in [0.25, 0.3) is 0 Å². The minimum atomic E-state index is 0.843. The number of nitrogens with one attached hydrogen (secondary N) is 1. The van der Waals surface area contributed by atoms with Crippen molar-refractivity contribution < 1.29 is 0 Å². The summed E-state index contributed by atoms with van der Waals surface area (Å²) in [6, 6.07) is 5.70. The molecule has 0 aliphatic carbocycles. The molecule has 2 heteroatoms. The van der Waals surface area contributed by atoms with Gasteiger partial charge in [-0.25, -0.2) is 4.98 Å². The van der Waals surface area contributed by atoms with E-state index in [1.165, 1.54) is 0 Å². The summed E-state index contributed by atoms with van der Waals surface area (Å²) in [4.78, 5) is 4.05. The van der Waals surface area contributed by atoms with Gasteiger partial charge in [-0.3, -0.25) is 0 Å². The van der Waals surface area contributed by atoms with Gasteiger partial charge in [-0.1, -0.05) is 12.6 Å². The van der Waals surface area contributed by atoms with E-state index in [2.05, 4.69) is 16.9 Å². The molecule has 0 atom stereocenters. The molecule has 0 spiro atoms. The summed E-state index contributed by atoms with van der Waals surface area (Å²) in [7, 11) is 0. The van der Waals surface area contributed by atoms with Crippen LogP contribution in [0, 0.1) is 0 Å². The Labute approximate surface area is 60.6 Å². The van der Waals surface area contributed by atoms with Crippen LogP contribution >= 0.6 is 0 Å². The van der Waals surface area contributed by atoms with Gasteiger partial charge in [-0.2, -0.15) is 0 Å². The van der Waals surface area contributed by atoms with Crippen LogP contribution in [0.15, 0.2) is 36.7 Å². The number of hydrogen-bond donors (Lipinski definition) is 1. The number of allylic oxidation sites excluding steroid dienone is 1. The Kier molecular flexibility index (Phi) is 2.05. The molecule has 1 aromatic rings. The molecule has 0 aliphatic heterocycles. The topological polar surface area (TPSA) is 24.9 Å². The van der Waals surface area contributed by atoms with E-state index in [9.17, 15) is 0 Å². The van der Waals surface area contributed by atoms with Crippen LogP contribution in [0.1, 0.15) is 6.92 Å². The molecular weight excluding hydrogens is 124 g/mol. The van der Waals surface area contributed by atoms with E-state index in [1.54, 1.807) is 6.20 Å². The first kappa shape index (κ1) is 6.81. The Morgan fingerprint density at radius 3 is 2.90 bits per heavy atom. The van der Waals surface area contributed by atoms with Crippen molar-refractivity contribution >= 4 is 5.82 Å². The predicted molar refractivity (Wildman–Crippen MR) is 42.7 cm³/mol. The molecule has 1 rings (SSSR count). The molecule has 1 heterocycles. The highest BCUT2D eigenvalue weighted by Gasteiger charge is 1.87. The molecule has 0 saturated heterocycles. The van der Waals surface area contributed by atoms with Gasteiger partial charge in [0, 0.05) is 11.9 Å². The smallest absolute Gasteiger partial charge is 0.129 e. The van der Waals surface area contributed by atoms with Crippen molar-refractivity contribution in [3.05, 3.63) is 36.7 Å². The van der Waals surface area contributed by atoms with Crippen molar-refractivity contribution in [2.24, 2.45) is 0 Å². The predicted octanol–water partition coefficient (Wildman–Crippen LogP) is 2.03. The summed E-state index contributed by atoms with van der Waals surface area (Å²) in [6.07, 6.45) is 1.74. The van der Waals surface area contributed by atoms with E-state index in [0.29, 0.717) is 0 Å². The van der Waals surface area contributed by atoms with E-state index in [1.807, 2.05) is 25.1 Å². The van der Waals surface area contributed by atoms with Gasteiger partial charge in [0.1, 0.15) is 5.82 Å². The van der Waals surface area contributed by atoms with E-state index in [-0.39, 0.29) is 0 Å². The number of nitrogens with zero attached hydrogens (tertiary/aromatic N) is 1. The summed E-state index contributed by atoms with van der Waals surface area (Å²) >= 11 is 0. The minimum Gasteiger partial charge on any atom is -0.345 e. The largest absolute Gasteiger partial charge is 0.345 e. The van der Waals surface area contributed by atoms with Crippen molar-refractivity contribution in [2.75, 3.05) is 5.32 Å². The van der Waals surface area contributed by atoms with Crippen molar-refractivity contribution in [3.8, 4) is 0 Å². The monoisotopic (exact) mass is 134 g/mol. The molecular formula is C8H10N2. The van der Waals surface area contributed by atoms with Crippen LogP contribution < -0.4 is 5.32 Å². The first-order valence-corrected chi connectivity index (χ1v) is 3.12. The van der Waals surface area contributed by atoms with Gasteiger partial charge >= 0.3 is 0 Å². The van der Waals surface area contributed by atoms with Crippen molar-refractivity contribution in [2.45, 2.75) is 6.92 Å². The van der Waals surface area contributed by atoms with Gasteiger partial charge in [0.15, 0.2) is 0 Å². The van der Waals surface area contributed by atoms with Crippen LogP contribution in [0.25, 0.3) is 0 Å². The highest BCUT2D eigenvalue weighted by molar-refractivity contribution is 5.38. The fourth-order valence-electron chi connectivity index (χ4n) is 0.655. The third-order valence-corrected chi connectivity index (χ3v) is 1.01. The molecule has 0 saturated carbocycles. The lowest BCUT2D eigenvalue weighted by Gasteiger charge is -2.01. The van der Waals surface area contributed by atoms with Crippen molar-refractivity contribution in [3.63, 3.8) is 0 Å². The van der Waals surface area contributed by atoms with Gasteiger partial charge in [-0.15, -0.1) is 0 Å². The average Bonchev–Trinajstić information content (AvgIpc) is 1.88. The zero-order valence-electron chi connectivity index (χ0n) is 5.96. The Bertz CT molecular complexity index is 216. The van der Waals surface area contributed by atoms with Crippen LogP contribution in [0.3, 0.4) is 0 Å². The fraction of sp³-hybridized carbons (Fsp3) is 0.125.